The van der Waals surface area contributed by atoms with Crippen molar-refractivity contribution in [3.05, 3.63) is 136 Å². The van der Waals surface area contributed by atoms with Gasteiger partial charge in [0.05, 0.1) is 22.2 Å². The van der Waals surface area contributed by atoms with E-state index in [1.54, 1.807) is 12.1 Å². The highest BCUT2D eigenvalue weighted by Gasteiger charge is 2.75. The second kappa shape index (κ2) is 12.7. The van der Waals surface area contributed by atoms with Crippen LogP contribution in [-0.4, -0.2) is 26.3 Å². The highest BCUT2D eigenvalue weighted by Crippen LogP contribution is 2.54. The minimum atomic E-state index is -6.04. The lowest BCUT2D eigenvalue weighted by Gasteiger charge is -2.37. The Morgan fingerprint density at radius 3 is 1.85 bits per heavy atom. The lowest BCUT2D eigenvalue weighted by Crippen LogP contribution is -2.56. The monoisotopic (exact) mass is 698 g/mol. The van der Waals surface area contributed by atoms with Crippen LogP contribution in [0.4, 0.5) is 39.5 Å². The third kappa shape index (κ3) is 6.86. The van der Waals surface area contributed by atoms with Gasteiger partial charge in [-0.25, -0.2) is 4.98 Å². The Kier molecular flexibility index (Phi) is 9.16. The summed E-state index contributed by atoms with van der Waals surface area (Å²) in [7, 11) is 0. The molecule has 0 saturated carbocycles. The number of fused-ring (bicyclic) bond motifs is 1. The van der Waals surface area contributed by atoms with Crippen molar-refractivity contribution in [2.45, 2.75) is 35.4 Å². The first-order valence-corrected chi connectivity index (χ1v) is 14.6. The van der Waals surface area contributed by atoms with Crippen molar-refractivity contribution < 1.29 is 44.3 Å². The zero-order chi connectivity index (χ0) is 34.2. The van der Waals surface area contributed by atoms with Crippen LogP contribution in [0.5, 0.6) is 0 Å². The van der Waals surface area contributed by atoms with Gasteiger partial charge in [0.1, 0.15) is 5.82 Å². The molecule has 4 aromatic carbocycles. The number of nitrogens with zero attached hydrogens (tertiary/aromatic N) is 2. The van der Waals surface area contributed by atoms with Gasteiger partial charge in [0.2, 0.25) is 4.38 Å². The molecule has 0 spiro atoms. The van der Waals surface area contributed by atoms with Gasteiger partial charge in [-0.3, -0.25) is 9.36 Å². The Bertz CT molecular complexity index is 1940. The molecule has 1 heterocycles. The van der Waals surface area contributed by atoms with Crippen molar-refractivity contribution in [1.29, 1.82) is 0 Å². The summed E-state index contributed by atoms with van der Waals surface area (Å²) >= 11 is 5.22. The van der Waals surface area contributed by atoms with Crippen molar-refractivity contribution in [2.24, 2.45) is 0 Å². The molecule has 0 aliphatic rings. The predicted octanol–water partition coefficient (Wildman–Crippen LogP) is 9.41. The number of para-hydroxylation sites is 1. The zero-order valence-corrected chi connectivity index (χ0v) is 25.1. The summed E-state index contributed by atoms with van der Waals surface area (Å²) in [6.45, 7) is 0. The molecule has 5 rings (SSSR count). The second-order valence-electron chi connectivity index (χ2n) is 10.0. The first-order chi connectivity index (χ1) is 22.0. The number of ether oxygens (including phenoxy) is 1. The van der Waals surface area contributed by atoms with Gasteiger partial charge in [-0.05, 0) is 78.1 Å². The molecule has 244 valence electrons. The van der Waals surface area contributed by atoms with Gasteiger partial charge in [0.15, 0.2) is 0 Å². The highest BCUT2D eigenvalue weighted by molar-refractivity contribution is 8.22. The zero-order valence-electron chi connectivity index (χ0n) is 23.5. The number of benzene rings is 4. The number of aromatic nitrogens is 2. The molecule has 15 heteroatoms. The number of hydrogen-bond acceptors (Lipinski definition) is 5. The summed E-state index contributed by atoms with van der Waals surface area (Å²) in [5, 5.41) is 0.0827. The Labute approximate surface area is 269 Å². The molecule has 5 aromatic rings. The van der Waals surface area contributed by atoms with Crippen LogP contribution in [0, 0.1) is 0 Å². The molecule has 0 atom stereocenters. The molecule has 0 unspecified atom stereocenters. The number of thiocarbonyl (C=S) groups is 1. The van der Waals surface area contributed by atoms with Crippen LogP contribution in [0.3, 0.4) is 0 Å². The van der Waals surface area contributed by atoms with E-state index < -0.39 is 45.2 Å². The van der Waals surface area contributed by atoms with Gasteiger partial charge in [-0.15, -0.1) is 0 Å². The molecule has 0 fully saturated rings. The summed E-state index contributed by atoms with van der Waals surface area (Å²) in [4.78, 5) is 18.3. The first-order valence-electron chi connectivity index (χ1n) is 13.4. The Balaban J connectivity index is 1.60. The molecule has 0 aliphatic heterocycles. The van der Waals surface area contributed by atoms with Crippen LogP contribution in [0.2, 0.25) is 0 Å². The first kappa shape index (κ1) is 34.0. The quantitative estimate of drug-likeness (QED) is 0.101. The van der Waals surface area contributed by atoms with Crippen molar-refractivity contribution >= 4 is 39.3 Å². The van der Waals surface area contributed by atoms with Gasteiger partial charge >= 0.3 is 24.1 Å². The molecule has 0 bridgehead atoms. The lowest BCUT2D eigenvalue weighted by atomic mass is 9.91. The molecule has 0 N–H and O–H groups in total. The number of alkyl halides is 9. The molecule has 1 aromatic heterocycles. The fourth-order valence-corrected chi connectivity index (χ4v) is 5.86. The van der Waals surface area contributed by atoms with E-state index in [1.807, 2.05) is 0 Å². The van der Waals surface area contributed by atoms with Crippen molar-refractivity contribution in [2.75, 3.05) is 0 Å². The van der Waals surface area contributed by atoms with Gasteiger partial charge in [-0.2, -0.15) is 39.5 Å². The molecule has 47 heavy (non-hydrogen) atoms. The van der Waals surface area contributed by atoms with E-state index in [-0.39, 0.29) is 33.7 Å². The largest absolute Gasteiger partial charge is 0.448 e. The maximum atomic E-state index is 14.5. The highest BCUT2D eigenvalue weighted by atomic mass is 32.2. The van der Waals surface area contributed by atoms with E-state index in [1.165, 1.54) is 54.6 Å². The molecule has 0 amide bonds. The van der Waals surface area contributed by atoms with Gasteiger partial charge in [0, 0.05) is 16.9 Å². The van der Waals surface area contributed by atoms with Crippen LogP contribution in [0.15, 0.2) is 113 Å². The van der Waals surface area contributed by atoms with Gasteiger partial charge in [-0.1, -0.05) is 54.6 Å². The Morgan fingerprint density at radius 1 is 0.723 bits per heavy atom. The average molecular weight is 699 g/mol. The summed E-state index contributed by atoms with van der Waals surface area (Å²) in [6, 6.07) is 20.3. The number of halogens is 9. The maximum Gasteiger partial charge on any atom is 0.442 e. The molecule has 0 aliphatic carbocycles. The van der Waals surface area contributed by atoms with E-state index in [0.29, 0.717) is 29.5 Å². The third-order valence-corrected chi connectivity index (χ3v) is 8.09. The van der Waals surface area contributed by atoms with Crippen LogP contribution < -0.4 is 5.56 Å². The number of rotatable bonds is 6. The molecule has 0 saturated heterocycles. The molecular formula is C32H19F9N2O2S2. The molecule has 0 radical (unpaired) electrons. The molecule has 4 nitrogen and oxygen atoms in total. The summed E-state index contributed by atoms with van der Waals surface area (Å²) in [5.74, 6) is -0.0317. The maximum absolute atomic E-state index is 14.5. The summed E-state index contributed by atoms with van der Waals surface area (Å²) in [6.07, 6.45) is -16.9. The van der Waals surface area contributed by atoms with E-state index in [0.717, 1.165) is 28.8 Å². The smallest absolute Gasteiger partial charge is 0.442 e. The summed E-state index contributed by atoms with van der Waals surface area (Å²) < 4.78 is 131. The predicted molar refractivity (Wildman–Crippen MR) is 161 cm³/mol. The minimum Gasteiger partial charge on any atom is -0.448 e. The van der Waals surface area contributed by atoms with E-state index in [9.17, 15) is 44.3 Å². The Hall–Kier alpha value is -4.37. The lowest BCUT2D eigenvalue weighted by molar-refractivity contribution is -0.368. The van der Waals surface area contributed by atoms with Crippen LogP contribution in [-0.2, 0) is 22.9 Å². The number of thioether (sulfide) groups is 1. The van der Waals surface area contributed by atoms with E-state index >= 15 is 0 Å². The average Bonchev–Trinajstić information content (AvgIpc) is 2.99. The minimum absolute atomic E-state index is 0.0317. The second-order valence-corrected chi connectivity index (χ2v) is 11.7. The SMILES string of the molecule is O=c1c2ccccc2nc(Cc2ccc(C(F)(F)F)cc2)n1-c1ccc(C(OC(=S)Sc2ccccc2)(C(F)(F)F)C(F)(F)F)cc1. The van der Waals surface area contributed by atoms with Crippen molar-refractivity contribution in [1.82, 2.24) is 9.55 Å². The normalized spacial score (nSPS) is 12.7. The third-order valence-electron chi connectivity index (χ3n) is 7.00. The van der Waals surface area contributed by atoms with Crippen molar-refractivity contribution in [3.8, 4) is 5.69 Å². The van der Waals surface area contributed by atoms with Crippen LogP contribution in [0.1, 0.15) is 22.5 Å². The molecular weight excluding hydrogens is 679 g/mol. The van der Waals surface area contributed by atoms with Gasteiger partial charge < -0.3 is 4.74 Å². The standard InChI is InChI=1S/C32H19F9N2O2S2/c33-30(34,35)21-12-10-19(11-13-21)18-26-42-25-9-5-4-8-24(25)27(44)43(26)22-16-14-20(15-17-22)29(31(36,37)38,32(39,40)41)45-28(46)47-23-6-2-1-3-7-23/h1-17H,18H2. The van der Waals surface area contributed by atoms with Gasteiger partial charge in [0.25, 0.3) is 5.56 Å². The van der Waals surface area contributed by atoms with Crippen LogP contribution >= 0.6 is 24.0 Å². The number of hydrogen-bond donors (Lipinski definition) is 0. The van der Waals surface area contributed by atoms with E-state index in [4.69, 9.17) is 12.2 Å². The van der Waals surface area contributed by atoms with Crippen LogP contribution in [0.25, 0.3) is 16.6 Å². The van der Waals surface area contributed by atoms with Crippen molar-refractivity contribution in [3.63, 3.8) is 0 Å². The van der Waals surface area contributed by atoms with E-state index in [2.05, 4.69) is 9.72 Å². The summed E-state index contributed by atoms with van der Waals surface area (Å²) in [5.41, 5.74) is -7.48. The Morgan fingerprint density at radius 2 is 1.28 bits per heavy atom. The fourth-order valence-electron chi connectivity index (χ4n) is 4.80. The fraction of sp³-hybridized carbons (Fsp3) is 0.156. The topological polar surface area (TPSA) is 44.1 Å².